The van der Waals surface area contributed by atoms with Gasteiger partial charge in [0, 0.05) is 0 Å². The van der Waals surface area contributed by atoms with Crippen LogP contribution in [0.1, 0.15) is 44.8 Å². The first-order valence-electron chi connectivity index (χ1n) is 6.02. The molecular weight excluding hydrogens is 313 g/mol. The molecular formula is C12H20IN3. The van der Waals surface area contributed by atoms with Crippen molar-refractivity contribution < 1.29 is 0 Å². The molecule has 1 aromatic rings. The summed E-state index contributed by atoms with van der Waals surface area (Å²) in [7, 11) is 0. The number of aryl methyl sites for hydroxylation is 1. The largest absolute Gasteiger partial charge is 0.383 e. The predicted molar refractivity (Wildman–Crippen MR) is 75.3 cm³/mol. The van der Waals surface area contributed by atoms with Crippen molar-refractivity contribution in [2.24, 2.45) is 11.8 Å². The molecule has 0 bridgehead atoms. The van der Waals surface area contributed by atoms with Gasteiger partial charge in [0.25, 0.3) is 0 Å². The Labute approximate surface area is 111 Å². The standard InChI is InChI=1S/C12H20IN3/c1-7-5-4-6-10(8(7)2)16-12(14)11(13)9(3)15-16/h7-8,10H,4-6,14H2,1-3H3. The molecule has 1 saturated carbocycles. The fraction of sp³-hybridized carbons (Fsp3) is 0.750. The first kappa shape index (κ1) is 12.2. The summed E-state index contributed by atoms with van der Waals surface area (Å²) >= 11 is 2.29. The molecule has 4 heteroatoms. The van der Waals surface area contributed by atoms with Gasteiger partial charge in [0.15, 0.2) is 0 Å². The van der Waals surface area contributed by atoms with Crippen LogP contribution in [0, 0.1) is 22.3 Å². The van der Waals surface area contributed by atoms with Crippen molar-refractivity contribution in [1.82, 2.24) is 9.78 Å². The maximum absolute atomic E-state index is 6.13. The molecule has 3 unspecified atom stereocenters. The number of hydrogen-bond acceptors (Lipinski definition) is 2. The molecule has 2 N–H and O–H groups in total. The van der Waals surface area contributed by atoms with Crippen LogP contribution < -0.4 is 5.73 Å². The number of aromatic nitrogens is 2. The lowest BCUT2D eigenvalue weighted by molar-refractivity contribution is 0.176. The topological polar surface area (TPSA) is 43.8 Å². The summed E-state index contributed by atoms with van der Waals surface area (Å²) in [4.78, 5) is 0. The van der Waals surface area contributed by atoms with Crippen LogP contribution in [0.3, 0.4) is 0 Å². The summed E-state index contributed by atoms with van der Waals surface area (Å²) in [5.41, 5.74) is 7.19. The van der Waals surface area contributed by atoms with Crippen LogP contribution >= 0.6 is 22.6 Å². The number of nitrogens with two attached hydrogens (primary N) is 1. The van der Waals surface area contributed by atoms with Gasteiger partial charge in [0.1, 0.15) is 5.82 Å². The second-order valence-electron chi connectivity index (χ2n) is 5.06. The van der Waals surface area contributed by atoms with Crippen LogP contribution in [-0.4, -0.2) is 9.78 Å². The molecule has 3 nitrogen and oxygen atoms in total. The number of rotatable bonds is 1. The van der Waals surface area contributed by atoms with E-state index in [1.165, 1.54) is 19.3 Å². The smallest absolute Gasteiger partial charge is 0.135 e. The van der Waals surface area contributed by atoms with E-state index in [1.807, 2.05) is 6.92 Å². The molecule has 2 rings (SSSR count). The molecule has 0 radical (unpaired) electrons. The van der Waals surface area contributed by atoms with E-state index in [-0.39, 0.29) is 0 Å². The lowest BCUT2D eigenvalue weighted by Crippen LogP contribution is -2.28. The third kappa shape index (κ3) is 1.96. The molecule has 1 aliphatic rings. The van der Waals surface area contributed by atoms with E-state index in [9.17, 15) is 0 Å². The van der Waals surface area contributed by atoms with Crippen molar-refractivity contribution >= 4 is 28.4 Å². The lowest BCUT2D eigenvalue weighted by atomic mass is 9.78. The SMILES string of the molecule is Cc1nn(C2CCCC(C)C2C)c(N)c1I. The van der Waals surface area contributed by atoms with Crippen LogP contribution in [0.5, 0.6) is 0 Å². The highest BCUT2D eigenvalue weighted by atomic mass is 127. The van der Waals surface area contributed by atoms with Gasteiger partial charge in [-0.25, -0.2) is 4.68 Å². The third-order valence-corrected chi connectivity index (χ3v) is 5.36. The van der Waals surface area contributed by atoms with Gasteiger partial charge in [-0.05, 0) is 47.8 Å². The fourth-order valence-corrected chi connectivity index (χ4v) is 3.05. The van der Waals surface area contributed by atoms with E-state index in [0.717, 1.165) is 21.0 Å². The van der Waals surface area contributed by atoms with E-state index in [2.05, 4.69) is 46.2 Å². The summed E-state index contributed by atoms with van der Waals surface area (Å²) in [5.74, 6) is 2.30. The van der Waals surface area contributed by atoms with Crippen molar-refractivity contribution in [1.29, 1.82) is 0 Å². The summed E-state index contributed by atoms with van der Waals surface area (Å²) in [6, 6.07) is 0.492. The highest BCUT2D eigenvalue weighted by Gasteiger charge is 2.30. The van der Waals surface area contributed by atoms with Crippen molar-refractivity contribution in [3.05, 3.63) is 9.26 Å². The first-order valence-corrected chi connectivity index (χ1v) is 7.10. The molecule has 0 saturated heterocycles. The molecule has 0 aliphatic heterocycles. The zero-order chi connectivity index (χ0) is 11.9. The minimum absolute atomic E-state index is 0.492. The lowest BCUT2D eigenvalue weighted by Gasteiger charge is -2.34. The average molecular weight is 333 g/mol. The Morgan fingerprint density at radius 1 is 1.38 bits per heavy atom. The van der Waals surface area contributed by atoms with Gasteiger partial charge in [-0.15, -0.1) is 0 Å². The van der Waals surface area contributed by atoms with Gasteiger partial charge in [-0.3, -0.25) is 0 Å². The highest BCUT2D eigenvalue weighted by molar-refractivity contribution is 14.1. The van der Waals surface area contributed by atoms with E-state index in [0.29, 0.717) is 12.0 Å². The molecule has 1 fully saturated rings. The monoisotopic (exact) mass is 333 g/mol. The zero-order valence-electron chi connectivity index (χ0n) is 10.2. The number of anilines is 1. The van der Waals surface area contributed by atoms with Gasteiger partial charge >= 0.3 is 0 Å². The van der Waals surface area contributed by atoms with E-state index in [4.69, 9.17) is 5.73 Å². The maximum atomic E-state index is 6.13. The number of nitrogen functional groups attached to an aromatic ring is 1. The Hall–Kier alpha value is -0.260. The van der Waals surface area contributed by atoms with E-state index in [1.54, 1.807) is 0 Å². The van der Waals surface area contributed by atoms with E-state index >= 15 is 0 Å². The van der Waals surface area contributed by atoms with Crippen molar-refractivity contribution in [3.8, 4) is 0 Å². The van der Waals surface area contributed by atoms with Crippen molar-refractivity contribution in [2.75, 3.05) is 5.73 Å². The molecule has 3 atom stereocenters. The molecule has 0 amide bonds. The average Bonchev–Trinajstić information content (AvgIpc) is 2.50. The normalized spacial score (nSPS) is 30.6. The van der Waals surface area contributed by atoms with Gasteiger partial charge in [-0.1, -0.05) is 26.7 Å². The number of halogens is 1. The zero-order valence-corrected chi connectivity index (χ0v) is 12.4. The van der Waals surface area contributed by atoms with Gasteiger partial charge in [0.05, 0.1) is 15.3 Å². The van der Waals surface area contributed by atoms with Gasteiger partial charge < -0.3 is 5.73 Å². The number of nitrogens with zero attached hydrogens (tertiary/aromatic N) is 2. The minimum atomic E-state index is 0.492. The molecule has 1 aliphatic carbocycles. The summed E-state index contributed by atoms with van der Waals surface area (Å²) in [5, 5.41) is 4.60. The number of hydrogen-bond donors (Lipinski definition) is 1. The Bertz CT molecular complexity index is 386. The Balaban J connectivity index is 2.32. The Kier molecular flexibility index (Phi) is 3.47. The predicted octanol–water partition coefficient (Wildman–Crippen LogP) is 3.38. The summed E-state index contributed by atoms with van der Waals surface area (Å²) in [6.07, 6.45) is 3.85. The van der Waals surface area contributed by atoms with Crippen molar-refractivity contribution in [2.45, 2.75) is 46.1 Å². The highest BCUT2D eigenvalue weighted by Crippen LogP contribution is 2.39. The second kappa shape index (κ2) is 4.55. The quantitative estimate of drug-likeness (QED) is 0.801. The second-order valence-corrected chi connectivity index (χ2v) is 6.14. The van der Waals surface area contributed by atoms with Crippen LogP contribution in [0.2, 0.25) is 0 Å². The maximum Gasteiger partial charge on any atom is 0.135 e. The van der Waals surface area contributed by atoms with Crippen LogP contribution in [0.25, 0.3) is 0 Å². The molecule has 16 heavy (non-hydrogen) atoms. The molecule has 1 heterocycles. The summed E-state index contributed by atoms with van der Waals surface area (Å²) < 4.78 is 3.18. The van der Waals surface area contributed by atoms with Crippen molar-refractivity contribution in [3.63, 3.8) is 0 Å². The Morgan fingerprint density at radius 3 is 2.62 bits per heavy atom. The fourth-order valence-electron chi connectivity index (χ4n) is 2.70. The molecule has 0 aromatic carbocycles. The third-order valence-electron chi connectivity index (χ3n) is 4.03. The summed E-state index contributed by atoms with van der Waals surface area (Å²) in [6.45, 7) is 6.71. The Morgan fingerprint density at radius 2 is 2.06 bits per heavy atom. The first-order chi connectivity index (χ1) is 7.52. The molecule has 0 spiro atoms. The van der Waals surface area contributed by atoms with Crippen LogP contribution in [0.4, 0.5) is 5.82 Å². The van der Waals surface area contributed by atoms with Gasteiger partial charge in [0.2, 0.25) is 0 Å². The molecule has 90 valence electrons. The van der Waals surface area contributed by atoms with Gasteiger partial charge in [-0.2, -0.15) is 5.10 Å². The molecule has 1 aromatic heterocycles. The minimum Gasteiger partial charge on any atom is -0.383 e. The van der Waals surface area contributed by atoms with Crippen LogP contribution in [-0.2, 0) is 0 Å². The van der Waals surface area contributed by atoms with Crippen LogP contribution in [0.15, 0.2) is 0 Å². The van der Waals surface area contributed by atoms with E-state index < -0.39 is 0 Å².